The summed E-state index contributed by atoms with van der Waals surface area (Å²) in [6.07, 6.45) is 2.13. The normalized spacial score (nSPS) is 18.6. The average Bonchev–Trinajstić information content (AvgIpc) is 2.73. The fourth-order valence-corrected chi connectivity index (χ4v) is 4.76. The third kappa shape index (κ3) is 3.67. The Bertz CT molecular complexity index is 1090. The van der Waals surface area contributed by atoms with E-state index in [1.807, 2.05) is 43.3 Å². The van der Waals surface area contributed by atoms with Crippen LogP contribution >= 0.6 is 15.9 Å². The molecule has 2 N–H and O–H groups in total. The predicted molar refractivity (Wildman–Crippen MR) is 120 cm³/mol. The highest BCUT2D eigenvalue weighted by atomic mass is 79.9. The van der Waals surface area contributed by atoms with Crippen LogP contribution in [0, 0.1) is 0 Å². The lowest BCUT2D eigenvalue weighted by Crippen LogP contribution is -2.35. The molecule has 154 valence electrons. The summed E-state index contributed by atoms with van der Waals surface area (Å²) in [7, 11) is 1.57. The summed E-state index contributed by atoms with van der Waals surface area (Å²) in [5, 5.41) is 6.32. The van der Waals surface area contributed by atoms with Crippen LogP contribution in [0.4, 0.5) is 5.69 Å². The van der Waals surface area contributed by atoms with E-state index in [2.05, 4.69) is 26.6 Å². The second-order valence-corrected chi connectivity index (χ2v) is 8.30. The highest BCUT2D eigenvalue weighted by molar-refractivity contribution is 9.10. The van der Waals surface area contributed by atoms with Gasteiger partial charge in [0, 0.05) is 39.4 Å². The van der Waals surface area contributed by atoms with Crippen molar-refractivity contribution in [2.75, 3.05) is 12.4 Å². The number of nitrogens with one attached hydrogen (secondary N) is 2. The predicted octanol–water partition coefficient (Wildman–Crippen LogP) is 5.06. The number of hydrogen-bond donors (Lipinski definition) is 2. The molecule has 0 saturated heterocycles. The third-order valence-electron chi connectivity index (χ3n) is 5.59. The molecule has 0 spiro atoms. The van der Waals surface area contributed by atoms with Gasteiger partial charge in [-0.3, -0.25) is 9.59 Å². The molecular weight excluding hydrogens is 444 g/mol. The Morgan fingerprint density at radius 3 is 2.63 bits per heavy atom. The summed E-state index contributed by atoms with van der Waals surface area (Å²) in [5.74, 6) is -0.00642. The number of hydrogen-bond acceptors (Lipinski definition) is 4. The Hall–Kier alpha value is -2.86. The monoisotopic (exact) mass is 466 g/mol. The van der Waals surface area contributed by atoms with Crippen LogP contribution in [0.1, 0.15) is 37.7 Å². The van der Waals surface area contributed by atoms with Crippen LogP contribution in [-0.2, 0) is 9.59 Å². The lowest BCUT2D eigenvalue weighted by molar-refractivity contribution is -0.116. The molecule has 2 aromatic rings. The second kappa shape index (κ2) is 8.48. The molecular formula is C24H23BrN2O3. The maximum Gasteiger partial charge on any atom is 0.254 e. The number of carbonyl (C=O) groups is 2. The molecule has 4 rings (SSSR count). The zero-order valence-corrected chi connectivity index (χ0v) is 18.5. The number of Topliss-reactive ketones (excluding diaryl/α,β-unsaturated/α-hetero) is 1. The molecule has 30 heavy (non-hydrogen) atoms. The van der Waals surface area contributed by atoms with Gasteiger partial charge in [-0.1, -0.05) is 46.3 Å². The number of rotatable bonds is 4. The maximum atomic E-state index is 13.5. The summed E-state index contributed by atoms with van der Waals surface area (Å²) in [4.78, 5) is 26.5. The quantitative estimate of drug-likeness (QED) is 0.660. The van der Waals surface area contributed by atoms with Crippen LogP contribution < -0.4 is 15.4 Å². The van der Waals surface area contributed by atoms with E-state index in [0.29, 0.717) is 29.0 Å². The van der Waals surface area contributed by atoms with Crippen molar-refractivity contribution in [3.05, 3.63) is 81.1 Å². The van der Waals surface area contributed by atoms with E-state index in [1.54, 1.807) is 19.2 Å². The molecule has 1 unspecified atom stereocenters. The van der Waals surface area contributed by atoms with Crippen LogP contribution in [0.5, 0.6) is 5.75 Å². The van der Waals surface area contributed by atoms with E-state index in [0.717, 1.165) is 34.3 Å². The number of carbonyl (C=O) groups excluding carboxylic acids is 2. The first-order chi connectivity index (χ1) is 14.5. The number of anilines is 1. The molecule has 0 radical (unpaired) electrons. The summed E-state index contributed by atoms with van der Waals surface area (Å²) >= 11 is 3.63. The fraction of sp³-hybridized carbons (Fsp3) is 0.250. The van der Waals surface area contributed by atoms with E-state index in [4.69, 9.17) is 4.74 Å². The fourth-order valence-electron chi connectivity index (χ4n) is 4.24. The van der Waals surface area contributed by atoms with E-state index < -0.39 is 5.92 Å². The van der Waals surface area contributed by atoms with Crippen molar-refractivity contribution < 1.29 is 14.3 Å². The van der Waals surface area contributed by atoms with Crippen LogP contribution in [0.15, 0.2) is 75.5 Å². The molecule has 5 nitrogen and oxygen atoms in total. The van der Waals surface area contributed by atoms with Gasteiger partial charge in [0.05, 0.1) is 12.8 Å². The van der Waals surface area contributed by atoms with Crippen molar-refractivity contribution >= 4 is 33.3 Å². The highest BCUT2D eigenvalue weighted by Gasteiger charge is 2.39. The van der Waals surface area contributed by atoms with Gasteiger partial charge >= 0.3 is 0 Å². The third-order valence-corrected chi connectivity index (χ3v) is 6.31. The van der Waals surface area contributed by atoms with Gasteiger partial charge in [0.2, 0.25) is 0 Å². The van der Waals surface area contributed by atoms with Crippen LogP contribution in [0.3, 0.4) is 0 Å². The Morgan fingerprint density at radius 2 is 1.87 bits per heavy atom. The summed E-state index contributed by atoms with van der Waals surface area (Å²) < 4.78 is 6.25. The van der Waals surface area contributed by atoms with Crippen LogP contribution in [0.25, 0.3) is 0 Å². The van der Waals surface area contributed by atoms with Gasteiger partial charge in [0.25, 0.3) is 5.91 Å². The van der Waals surface area contributed by atoms with Crippen molar-refractivity contribution in [2.24, 2.45) is 0 Å². The number of ketones is 1. The number of dihydropyridines is 1. The lowest BCUT2D eigenvalue weighted by atomic mass is 9.75. The topological polar surface area (TPSA) is 67.4 Å². The van der Waals surface area contributed by atoms with E-state index in [-0.39, 0.29) is 11.7 Å². The van der Waals surface area contributed by atoms with Gasteiger partial charge in [-0.15, -0.1) is 0 Å². The molecule has 2 aliphatic rings. The smallest absolute Gasteiger partial charge is 0.254 e. The molecule has 1 aliphatic carbocycles. The molecule has 1 amide bonds. The first kappa shape index (κ1) is 20.4. The van der Waals surface area contributed by atoms with Crippen molar-refractivity contribution in [1.29, 1.82) is 0 Å². The van der Waals surface area contributed by atoms with Gasteiger partial charge < -0.3 is 15.4 Å². The molecule has 0 fully saturated rings. The lowest BCUT2D eigenvalue weighted by Gasteiger charge is -2.35. The van der Waals surface area contributed by atoms with Gasteiger partial charge in [-0.25, -0.2) is 0 Å². The number of allylic oxidation sites excluding steroid dienone is 3. The van der Waals surface area contributed by atoms with Crippen LogP contribution in [0.2, 0.25) is 0 Å². The minimum Gasteiger partial charge on any atom is -0.495 e. The number of para-hydroxylation sites is 2. The summed E-state index contributed by atoms with van der Waals surface area (Å²) in [6.45, 7) is 1.89. The second-order valence-electron chi connectivity index (χ2n) is 7.44. The first-order valence-electron chi connectivity index (χ1n) is 9.94. The van der Waals surface area contributed by atoms with Crippen LogP contribution in [-0.4, -0.2) is 18.8 Å². The number of benzene rings is 2. The molecule has 0 saturated carbocycles. The van der Waals surface area contributed by atoms with Crippen molar-refractivity contribution in [1.82, 2.24) is 5.32 Å². The Balaban J connectivity index is 1.81. The van der Waals surface area contributed by atoms with E-state index in [9.17, 15) is 9.59 Å². The Kier molecular flexibility index (Phi) is 5.77. The maximum absolute atomic E-state index is 13.5. The Labute approximate surface area is 184 Å². The van der Waals surface area contributed by atoms with E-state index in [1.165, 1.54) is 0 Å². The molecule has 2 aromatic carbocycles. The minimum absolute atomic E-state index is 0.0968. The largest absolute Gasteiger partial charge is 0.495 e. The van der Waals surface area contributed by atoms with Crippen molar-refractivity contribution in [2.45, 2.75) is 32.1 Å². The van der Waals surface area contributed by atoms with Gasteiger partial charge in [0.1, 0.15) is 5.75 Å². The molecule has 1 heterocycles. The van der Waals surface area contributed by atoms with Gasteiger partial charge in [0.15, 0.2) is 5.78 Å². The minimum atomic E-state index is -0.431. The molecule has 0 aromatic heterocycles. The molecule has 0 bridgehead atoms. The number of methoxy groups -OCH3 is 1. The zero-order chi connectivity index (χ0) is 21.3. The van der Waals surface area contributed by atoms with Crippen molar-refractivity contribution in [3.8, 4) is 5.75 Å². The standard InChI is InChI=1S/C24H23BrN2O3/c1-14-21(24(29)27-17-10-5-6-13-20(17)30-2)22(15-8-3-4-9-16(15)25)23-18(26-14)11-7-12-19(23)28/h3-6,8-10,13,22,26H,7,11-12H2,1-2H3,(H,27,29). The number of halogens is 1. The first-order valence-corrected chi connectivity index (χ1v) is 10.7. The van der Waals surface area contributed by atoms with Crippen molar-refractivity contribution in [3.63, 3.8) is 0 Å². The Morgan fingerprint density at radius 1 is 1.13 bits per heavy atom. The summed E-state index contributed by atoms with van der Waals surface area (Å²) in [5.41, 5.74) is 4.43. The summed E-state index contributed by atoms with van der Waals surface area (Å²) in [6, 6.07) is 15.1. The number of ether oxygens (including phenoxy) is 1. The highest BCUT2D eigenvalue weighted by Crippen LogP contribution is 2.44. The van der Waals surface area contributed by atoms with E-state index >= 15 is 0 Å². The average molecular weight is 467 g/mol. The zero-order valence-electron chi connectivity index (χ0n) is 16.9. The van der Waals surface area contributed by atoms with Gasteiger partial charge in [-0.2, -0.15) is 0 Å². The SMILES string of the molecule is COc1ccccc1NC(=O)C1=C(C)NC2=C(C(=O)CCC2)C1c1ccccc1Br. The van der Waals surface area contributed by atoms with Gasteiger partial charge in [-0.05, 0) is 43.5 Å². The molecule has 1 aliphatic heterocycles. The number of amides is 1. The molecule has 6 heteroatoms. The molecule has 1 atom stereocenters.